The van der Waals surface area contributed by atoms with E-state index in [1.165, 1.54) is 5.56 Å². The van der Waals surface area contributed by atoms with Crippen molar-refractivity contribution in [3.63, 3.8) is 0 Å². The molecule has 1 aromatic heterocycles. The van der Waals surface area contributed by atoms with Crippen molar-refractivity contribution in [2.45, 2.75) is 13.5 Å². The summed E-state index contributed by atoms with van der Waals surface area (Å²) < 4.78 is 1.08. The third-order valence-electron chi connectivity index (χ3n) is 2.84. The van der Waals surface area contributed by atoms with E-state index in [4.69, 9.17) is 5.73 Å². The lowest BCUT2D eigenvalue weighted by Crippen LogP contribution is -2.19. The minimum atomic E-state index is 0.275. The number of nitrogens with two attached hydrogens (primary N) is 1. The molecular weight excluding hydrogens is 318 g/mol. The monoisotopic (exact) mass is 335 g/mol. The molecule has 2 rings (SSSR count). The second-order valence-electron chi connectivity index (χ2n) is 4.45. The maximum Gasteiger partial charge on any atom is 0.223 e. The van der Waals surface area contributed by atoms with E-state index < -0.39 is 0 Å². The second-order valence-corrected chi connectivity index (χ2v) is 5.30. The molecule has 0 aliphatic heterocycles. The summed E-state index contributed by atoms with van der Waals surface area (Å²) in [6.07, 6.45) is 0. The van der Waals surface area contributed by atoms with Gasteiger partial charge in [0.25, 0.3) is 0 Å². The largest absolute Gasteiger partial charge is 0.370 e. The predicted molar refractivity (Wildman–Crippen MR) is 86.9 cm³/mol. The second kappa shape index (κ2) is 6.56. The lowest BCUT2D eigenvalue weighted by molar-refractivity contribution is 0.890. The number of hydrogen-bond donors (Lipinski definition) is 2. The van der Waals surface area contributed by atoms with Crippen LogP contribution in [0.3, 0.4) is 0 Å². The van der Waals surface area contributed by atoms with E-state index in [1.807, 2.05) is 43.1 Å². The van der Waals surface area contributed by atoms with Gasteiger partial charge in [0, 0.05) is 30.7 Å². The summed E-state index contributed by atoms with van der Waals surface area (Å²) in [6, 6.07) is 10.0. The average Bonchev–Trinajstić information content (AvgIpc) is 2.41. The number of nitrogens with one attached hydrogen (secondary N) is 1. The van der Waals surface area contributed by atoms with Crippen LogP contribution in [0.5, 0.6) is 0 Å². The number of halogens is 1. The minimum absolute atomic E-state index is 0.275. The smallest absolute Gasteiger partial charge is 0.223 e. The molecule has 5 nitrogen and oxygen atoms in total. The van der Waals surface area contributed by atoms with E-state index in [2.05, 4.69) is 37.3 Å². The number of hydrogen-bond acceptors (Lipinski definition) is 5. The van der Waals surface area contributed by atoms with Gasteiger partial charge in [-0.25, -0.2) is 0 Å². The number of nitrogen functional groups attached to an aromatic ring is 1. The molecule has 1 heterocycles. The molecule has 0 bridgehead atoms. The molecule has 0 aliphatic carbocycles. The molecular formula is C14H18BrN5. The first-order valence-corrected chi connectivity index (χ1v) is 7.22. The van der Waals surface area contributed by atoms with Gasteiger partial charge in [0.05, 0.1) is 0 Å². The molecule has 20 heavy (non-hydrogen) atoms. The van der Waals surface area contributed by atoms with Crippen LogP contribution in [0.25, 0.3) is 0 Å². The molecule has 0 aliphatic rings. The fourth-order valence-corrected chi connectivity index (χ4v) is 2.29. The molecule has 0 fully saturated rings. The Kier molecular flexibility index (Phi) is 4.79. The van der Waals surface area contributed by atoms with Crippen molar-refractivity contribution in [3.8, 4) is 0 Å². The van der Waals surface area contributed by atoms with Gasteiger partial charge in [-0.05, 0) is 18.6 Å². The van der Waals surface area contributed by atoms with Crippen molar-refractivity contribution < 1.29 is 0 Å². The van der Waals surface area contributed by atoms with Gasteiger partial charge >= 0.3 is 0 Å². The first-order valence-electron chi connectivity index (χ1n) is 6.43. The quantitative estimate of drug-likeness (QED) is 0.879. The molecule has 3 N–H and O–H groups in total. The Morgan fingerprint density at radius 1 is 1.30 bits per heavy atom. The van der Waals surface area contributed by atoms with Gasteiger partial charge < -0.3 is 16.0 Å². The highest BCUT2D eigenvalue weighted by Crippen LogP contribution is 2.21. The molecule has 0 atom stereocenters. The van der Waals surface area contributed by atoms with E-state index in [-0.39, 0.29) is 5.95 Å². The lowest BCUT2D eigenvalue weighted by Gasteiger charge is -2.20. The molecule has 0 saturated carbocycles. The molecule has 0 amide bonds. The molecule has 0 unspecified atom stereocenters. The minimum Gasteiger partial charge on any atom is -0.370 e. The van der Waals surface area contributed by atoms with Crippen molar-refractivity contribution in [2.75, 3.05) is 29.5 Å². The van der Waals surface area contributed by atoms with Crippen molar-refractivity contribution in [3.05, 3.63) is 40.4 Å². The van der Waals surface area contributed by atoms with Gasteiger partial charge in [-0.3, -0.25) is 0 Å². The summed E-state index contributed by atoms with van der Waals surface area (Å²) in [6.45, 7) is 3.55. The third kappa shape index (κ3) is 3.60. The summed E-state index contributed by atoms with van der Waals surface area (Å²) in [7, 11) is 1.98. The fraction of sp³-hybridized carbons (Fsp3) is 0.286. The Labute approximate surface area is 127 Å². The lowest BCUT2D eigenvalue weighted by atomic mass is 10.2. The Balaban J connectivity index is 2.20. The Bertz CT molecular complexity index is 588. The highest BCUT2D eigenvalue weighted by Gasteiger charge is 2.09. The molecule has 6 heteroatoms. The number of nitrogens with zero attached hydrogens (tertiary/aromatic N) is 3. The molecule has 2 aromatic rings. The number of benzene rings is 1. The number of aromatic nitrogens is 2. The van der Waals surface area contributed by atoms with Crippen LogP contribution in [0, 0.1) is 0 Å². The van der Waals surface area contributed by atoms with E-state index in [0.29, 0.717) is 0 Å². The van der Waals surface area contributed by atoms with Gasteiger partial charge in [0.15, 0.2) is 0 Å². The van der Waals surface area contributed by atoms with Gasteiger partial charge in [-0.2, -0.15) is 9.97 Å². The fourth-order valence-electron chi connectivity index (χ4n) is 1.88. The topological polar surface area (TPSA) is 67.1 Å². The van der Waals surface area contributed by atoms with Crippen LogP contribution in [0.4, 0.5) is 17.6 Å². The van der Waals surface area contributed by atoms with Gasteiger partial charge in [0.1, 0.15) is 11.6 Å². The van der Waals surface area contributed by atoms with Crippen LogP contribution in [0.1, 0.15) is 12.5 Å². The Morgan fingerprint density at radius 2 is 2.05 bits per heavy atom. The summed E-state index contributed by atoms with van der Waals surface area (Å²) in [5.41, 5.74) is 6.94. The normalized spacial score (nSPS) is 10.3. The third-order valence-corrected chi connectivity index (χ3v) is 3.62. The average molecular weight is 336 g/mol. The molecule has 1 aromatic carbocycles. The van der Waals surface area contributed by atoms with Crippen LogP contribution in [0.2, 0.25) is 0 Å². The number of anilines is 3. The van der Waals surface area contributed by atoms with Crippen LogP contribution >= 0.6 is 15.9 Å². The first-order chi connectivity index (χ1) is 9.60. The van der Waals surface area contributed by atoms with Crippen LogP contribution < -0.4 is 16.0 Å². The summed E-state index contributed by atoms with van der Waals surface area (Å²) in [4.78, 5) is 10.5. The highest BCUT2D eigenvalue weighted by atomic mass is 79.9. The number of rotatable bonds is 5. The zero-order chi connectivity index (χ0) is 14.5. The van der Waals surface area contributed by atoms with Crippen molar-refractivity contribution in [1.82, 2.24) is 9.97 Å². The van der Waals surface area contributed by atoms with Gasteiger partial charge in [-0.15, -0.1) is 0 Å². The molecule has 0 radical (unpaired) electrons. The zero-order valence-corrected chi connectivity index (χ0v) is 13.2. The highest BCUT2D eigenvalue weighted by molar-refractivity contribution is 9.10. The zero-order valence-electron chi connectivity index (χ0n) is 11.6. The van der Waals surface area contributed by atoms with Crippen molar-refractivity contribution in [2.24, 2.45) is 0 Å². The van der Waals surface area contributed by atoms with E-state index in [0.717, 1.165) is 29.2 Å². The predicted octanol–water partition coefficient (Wildman–Crippen LogP) is 2.89. The first kappa shape index (κ1) is 14.6. The van der Waals surface area contributed by atoms with E-state index >= 15 is 0 Å². The van der Waals surface area contributed by atoms with E-state index in [9.17, 15) is 0 Å². The Morgan fingerprint density at radius 3 is 2.75 bits per heavy atom. The van der Waals surface area contributed by atoms with Gasteiger partial charge in [-0.1, -0.05) is 34.1 Å². The van der Waals surface area contributed by atoms with Crippen LogP contribution in [-0.4, -0.2) is 23.6 Å². The van der Waals surface area contributed by atoms with Gasteiger partial charge in [0.2, 0.25) is 5.95 Å². The van der Waals surface area contributed by atoms with Crippen molar-refractivity contribution in [1.29, 1.82) is 0 Å². The SMILES string of the molecule is CCNc1cc(N(C)Cc2ccccc2Br)nc(N)n1. The van der Waals surface area contributed by atoms with E-state index in [1.54, 1.807) is 0 Å². The Hall–Kier alpha value is -1.82. The summed E-state index contributed by atoms with van der Waals surface area (Å²) >= 11 is 3.55. The maximum absolute atomic E-state index is 5.75. The maximum atomic E-state index is 5.75. The van der Waals surface area contributed by atoms with Crippen molar-refractivity contribution >= 4 is 33.5 Å². The molecule has 106 valence electrons. The van der Waals surface area contributed by atoms with Crippen LogP contribution in [0.15, 0.2) is 34.8 Å². The standard InChI is InChI=1S/C14H18BrN5/c1-3-17-12-8-13(19-14(16)18-12)20(2)9-10-6-4-5-7-11(10)15/h4-8H,3,9H2,1-2H3,(H3,16,17,18,19). The summed E-state index contributed by atoms with van der Waals surface area (Å²) in [5, 5.41) is 3.15. The summed E-state index contributed by atoms with van der Waals surface area (Å²) in [5.74, 6) is 1.82. The van der Waals surface area contributed by atoms with Crippen LogP contribution in [-0.2, 0) is 6.54 Å². The molecule has 0 spiro atoms. The molecule has 0 saturated heterocycles.